The first-order valence-electron chi connectivity index (χ1n) is 10.1. The van der Waals surface area contributed by atoms with Crippen molar-refractivity contribution in [3.05, 3.63) is 72.7 Å². The predicted molar refractivity (Wildman–Crippen MR) is 110 cm³/mol. The van der Waals surface area contributed by atoms with Gasteiger partial charge in [-0.2, -0.15) is 0 Å². The second-order valence-corrected chi connectivity index (χ2v) is 7.35. The third kappa shape index (κ3) is 5.25. The Labute approximate surface area is 178 Å². The van der Waals surface area contributed by atoms with Crippen LogP contribution in [0.5, 0.6) is 11.6 Å². The highest BCUT2D eigenvalue weighted by molar-refractivity contribution is 5.96. The average Bonchev–Trinajstić information content (AvgIpc) is 3.32. The van der Waals surface area contributed by atoms with Gasteiger partial charge in [-0.05, 0) is 62.1 Å². The number of rotatable bonds is 5. The molecule has 1 saturated carbocycles. The molecule has 2 heterocycles. The molecule has 0 aliphatic heterocycles. The van der Waals surface area contributed by atoms with Crippen molar-refractivity contribution >= 4 is 11.9 Å². The van der Waals surface area contributed by atoms with E-state index in [1.54, 1.807) is 24.5 Å². The standard InChI is InChI=1S/C22H22FN5O3/c23-15-3-9-18(10-4-15)31-21-19(2-1-11-25-21)20(29)26-16-5-7-17(8-6-16)27-22(30)28-13-12-24-14-28/h1-4,9-14,16-17H,5-8H2,(H,26,29)(H,27,30)/t16-,17+. The molecule has 3 aromatic rings. The Balaban J connectivity index is 1.32. The van der Waals surface area contributed by atoms with Crippen LogP contribution in [0.25, 0.3) is 0 Å². The van der Waals surface area contributed by atoms with Crippen molar-refractivity contribution in [2.45, 2.75) is 37.8 Å². The minimum atomic E-state index is -0.372. The van der Waals surface area contributed by atoms with E-state index in [9.17, 15) is 14.0 Å². The van der Waals surface area contributed by atoms with Gasteiger partial charge in [0.05, 0.1) is 0 Å². The van der Waals surface area contributed by atoms with Crippen molar-refractivity contribution in [1.29, 1.82) is 0 Å². The summed E-state index contributed by atoms with van der Waals surface area (Å²) >= 11 is 0. The summed E-state index contributed by atoms with van der Waals surface area (Å²) in [6.07, 6.45) is 9.16. The van der Waals surface area contributed by atoms with Crippen LogP contribution in [0.4, 0.5) is 9.18 Å². The lowest BCUT2D eigenvalue weighted by atomic mass is 9.91. The van der Waals surface area contributed by atoms with Gasteiger partial charge in [0, 0.05) is 30.7 Å². The highest BCUT2D eigenvalue weighted by atomic mass is 19.1. The van der Waals surface area contributed by atoms with Gasteiger partial charge in [0.1, 0.15) is 23.5 Å². The summed E-state index contributed by atoms with van der Waals surface area (Å²) in [5.41, 5.74) is 0.308. The molecule has 0 bridgehead atoms. The second-order valence-electron chi connectivity index (χ2n) is 7.35. The van der Waals surface area contributed by atoms with Crippen LogP contribution in [0.15, 0.2) is 61.3 Å². The van der Waals surface area contributed by atoms with Gasteiger partial charge in [-0.25, -0.2) is 19.2 Å². The number of amides is 2. The molecule has 2 N–H and O–H groups in total. The van der Waals surface area contributed by atoms with Crippen LogP contribution in [0.2, 0.25) is 0 Å². The normalized spacial score (nSPS) is 18.2. The molecule has 2 aromatic heterocycles. The van der Waals surface area contributed by atoms with Crippen LogP contribution in [-0.4, -0.2) is 38.6 Å². The number of pyridine rings is 1. The molecular formula is C22H22FN5O3. The molecule has 1 fully saturated rings. The Kier molecular flexibility index (Phi) is 6.21. The van der Waals surface area contributed by atoms with Gasteiger partial charge in [-0.3, -0.25) is 9.36 Å². The molecule has 1 aliphatic rings. The topological polar surface area (TPSA) is 98.1 Å². The summed E-state index contributed by atoms with van der Waals surface area (Å²) in [6.45, 7) is 0. The number of ether oxygens (including phenoxy) is 1. The number of hydrogen-bond donors (Lipinski definition) is 2. The molecule has 8 nitrogen and oxygen atoms in total. The van der Waals surface area contributed by atoms with Crippen molar-refractivity contribution in [2.24, 2.45) is 0 Å². The van der Waals surface area contributed by atoms with Gasteiger partial charge < -0.3 is 15.4 Å². The zero-order valence-electron chi connectivity index (χ0n) is 16.7. The van der Waals surface area contributed by atoms with Crippen LogP contribution in [-0.2, 0) is 0 Å². The van der Waals surface area contributed by atoms with Crippen LogP contribution < -0.4 is 15.4 Å². The van der Waals surface area contributed by atoms with Crippen molar-refractivity contribution < 1.29 is 18.7 Å². The van der Waals surface area contributed by atoms with Crippen molar-refractivity contribution in [2.75, 3.05) is 0 Å². The fourth-order valence-electron chi connectivity index (χ4n) is 3.53. The fraction of sp³-hybridized carbons (Fsp3) is 0.273. The summed E-state index contributed by atoms with van der Waals surface area (Å²) in [6, 6.07) is 8.66. The van der Waals surface area contributed by atoms with Crippen LogP contribution in [0.1, 0.15) is 36.0 Å². The Bertz CT molecular complexity index is 1030. The second kappa shape index (κ2) is 9.38. The first-order valence-corrected chi connectivity index (χ1v) is 10.1. The lowest BCUT2D eigenvalue weighted by Gasteiger charge is -2.29. The number of imidazole rings is 1. The van der Waals surface area contributed by atoms with E-state index in [2.05, 4.69) is 20.6 Å². The van der Waals surface area contributed by atoms with Crippen LogP contribution in [0, 0.1) is 5.82 Å². The summed E-state index contributed by atoms with van der Waals surface area (Å²) in [7, 11) is 0. The van der Waals surface area contributed by atoms with Crippen LogP contribution >= 0.6 is 0 Å². The highest BCUT2D eigenvalue weighted by Crippen LogP contribution is 2.24. The Morgan fingerprint density at radius 2 is 1.71 bits per heavy atom. The van der Waals surface area contributed by atoms with E-state index in [0.29, 0.717) is 11.3 Å². The Hall–Kier alpha value is -3.75. The molecule has 1 aromatic carbocycles. The van der Waals surface area contributed by atoms with Gasteiger partial charge in [-0.1, -0.05) is 0 Å². The highest BCUT2D eigenvalue weighted by Gasteiger charge is 2.25. The first-order chi connectivity index (χ1) is 15.1. The predicted octanol–water partition coefficient (Wildman–Crippen LogP) is 3.51. The fourth-order valence-corrected chi connectivity index (χ4v) is 3.53. The number of halogens is 1. The van der Waals surface area contributed by atoms with Gasteiger partial charge >= 0.3 is 6.03 Å². The smallest absolute Gasteiger partial charge is 0.327 e. The zero-order valence-corrected chi connectivity index (χ0v) is 16.7. The first kappa shape index (κ1) is 20.5. The minimum absolute atomic E-state index is 0.00669. The SMILES string of the molecule is O=C(N[C@H]1CC[C@@H](NC(=O)n2ccnc2)CC1)c1cccnc1Oc1ccc(F)cc1. The number of nitrogens with zero attached hydrogens (tertiary/aromatic N) is 3. The average molecular weight is 423 g/mol. The van der Waals surface area contributed by atoms with Gasteiger partial charge in [-0.15, -0.1) is 0 Å². The molecule has 2 amide bonds. The third-order valence-electron chi connectivity index (χ3n) is 5.17. The molecule has 1 aliphatic carbocycles. The maximum absolute atomic E-state index is 13.1. The molecule has 0 saturated heterocycles. The van der Waals surface area contributed by atoms with Gasteiger partial charge in [0.2, 0.25) is 5.88 Å². The van der Waals surface area contributed by atoms with Crippen molar-refractivity contribution in [3.8, 4) is 11.6 Å². The maximum Gasteiger partial charge on any atom is 0.327 e. The number of carbonyl (C=O) groups excluding carboxylic acids is 2. The summed E-state index contributed by atoms with van der Waals surface area (Å²) in [4.78, 5) is 33.0. The Morgan fingerprint density at radius 1 is 1.00 bits per heavy atom. The molecule has 31 heavy (non-hydrogen) atoms. The molecule has 160 valence electrons. The van der Waals surface area contributed by atoms with E-state index in [4.69, 9.17) is 4.74 Å². The van der Waals surface area contributed by atoms with E-state index >= 15 is 0 Å². The molecule has 0 unspecified atom stereocenters. The summed E-state index contributed by atoms with van der Waals surface area (Å²) in [5.74, 6) is -0.101. The molecule has 4 rings (SSSR count). The molecule has 9 heteroatoms. The van der Waals surface area contributed by atoms with Crippen molar-refractivity contribution in [1.82, 2.24) is 25.2 Å². The number of hydrogen-bond acceptors (Lipinski definition) is 5. The Morgan fingerprint density at radius 3 is 2.39 bits per heavy atom. The van der Waals surface area contributed by atoms with Crippen molar-refractivity contribution in [3.63, 3.8) is 0 Å². The lowest BCUT2D eigenvalue weighted by Crippen LogP contribution is -2.44. The minimum Gasteiger partial charge on any atom is -0.438 e. The van der Waals surface area contributed by atoms with Crippen LogP contribution in [0.3, 0.4) is 0 Å². The summed E-state index contributed by atoms with van der Waals surface area (Å²) in [5, 5.41) is 6.01. The largest absolute Gasteiger partial charge is 0.438 e. The van der Waals surface area contributed by atoms with Gasteiger partial charge in [0.25, 0.3) is 5.91 Å². The summed E-state index contributed by atoms with van der Waals surface area (Å²) < 4.78 is 20.2. The van der Waals surface area contributed by atoms with E-state index in [0.717, 1.165) is 25.7 Å². The van der Waals surface area contributed by atoms with E-state index in [1.807, 2.05) is 0 Å². The van der Waals surface area contributed by atoms with E-state index in [1.165, 1.54) is 41.4 Å². The van der Waals surface area contributed by atoms with E-state index < -0.39 is 0 Å². The van der Waals surface area contributed by atoms with E-state index in [-0.39, 0.29) is 35.7 Å². The molecule has 0 radical (unpaired) electrons. The molecule has 0 spiro atoms. The maximum atomic E-state index is 13.1. The molecular weight excluding hydrogens is 401 g/mol. The van der Waals surface area contributed by atoms with Gasteiger partial charge in [0.15, 0.2) is 0 Å². The quantitative estimate of drug-likeness (QED) is 0.655. The third-order valence-corrected chi connectivity index (χ3v) is 5.17. The monoisotopic (exact) mass is 423 g/mol. The lowest BCUT2D eigenvalue weighted by molar-refractivity contribution is 0.0921. The number of nitrogens with one attached hydrogen (secondary N) is 2. The molecule has 0 atom stereocenters. The zero-order chi connectivity index (χ0) is 21.6. The number of carbonyl (C=O) groups is 2. The number of benzene rings is 1. The number of aromatic nitrogens is 3.